The van der Waals surface area contributed by atoms with E-state index in [1.165, 1.54) is 0 Å². The number of nitrogens with one attached hydrogen (secondary N) is 1. The summed E-state index contributed by atoms with van der Waals surface area (Å²) in [6.07, 6.45) is 4.90. The van der Waals surface area contributed by atoms with Crippen molar-refractivity contribution in [1.82, 2.24) is 10.2 Å². The van der Waals surface area contributed by atoms with Crippen LogP contribution in [0.3, 0.4) is 0 Å². The van der Waals surface area contributed by atoms with E-state index < -0.39 is 6.04 Å². The number of thioether (sulfide) groups is 1. The third-order valence-electron chi connectivity index (χ3n) is 5.98. The summed E-state index contributed by atoms with van der Waals surface area (Å²) >= 11 is 7.51. The number of carbonyl (C=O) groups excluding carboxylic acids is 2. The average molecular weight is 489 g/mol. The number of hydrogen-bond donors (Lipinski definition) is 1. The monoisotopic (exact) mass is 488 g/mol. The fourth-order valence-electron chi connectivity index (χ4n) is 4.17. The molecule has 2 aromatic carbocycles. The second kappa shape index (κ2) is 12.9. The average Bonchev–Trinajstić information content (AvgIpc) is 3.33. The Morgan fingerprint density at radius 1 is 1.15 bits per heavy atom. The quantitative estimate of drug-likeness (QED) is 0.457. The first kappa shape index (κ1) is 25.4. The van der Waals surface area contributed by atoms with Gasteiger partial charge in [-0.2, -0.15) is 0 Å². The van der Waals surface area contributed by atoms with Crippen LogP contribution >= 0.6 is 23.4 Å². The van der Waals surface area contributed by atoms with Crippen LogP contribution in [0.25, 0.3) is 0 Å². The Kier molecular flexibility index (Phi) is 9.95. The lowest BCUT2D eigenvalue weighted by atomic mass is 10.1. The Morgan fingerprint density at radius 3 is 2.55 bits per heavy atom. The molecule has 0 unspecified atom stereocenters. The molecule has 1 aliphatic rings. The van der Waals surface area contributed by atoms with Crippen molar-refractivity contribution in [2.75, 3.05) is 12.9 Å². The van der Waals surface area contributed by atoms with Crippen LogP contribution < -0.4 is 10.1 Å². The van der Waals surface area contributed by atoms with Gasteiger partial charge < -0.3 is 15.0 Å². The maximum atomic E-state index is 13.4. The van der Waals surface area contributed by atoms with Gasteiger partial charge in [0.05, 0.1) is 12.9 Å². The molecule has 0 aliphatic heterocycles. The van der Waals surface area contributed by atoms with Crippen LogP contribution in [0.15, 0.2) is 48.5 Å². The van der Waals surface area contributed by atoms with Gasteiger partial charge in [0, 0.05) is 23.4 Å². The standard InChI is InChI=1S/C26H33ClN2O3S/c1-3-24(26(31)28-22-8-4-5-9-22)29(16-20-7-6-10-23(15-20)32-2)25(30)18-33-17-19-11-13-21(27)14-12-19/h6-7,10-15,22,24H,3-5,8-9,16-18H2,1-2H3,(H,28,31)/t24-/m1/s1. The molecular formula is C26H33ClN2O3S. The molecule has 2 aromatic rings. The molecule has 0 bridgehead atoms. The third-order valence-corrected chi connectivity index (χ3v) is 7.22. The minimum Gasteiger partial charge on any atom is -0.497 e. The summed E-state index contributed by atoms with van der Waals surface area (Å²) in [5.41, 5.74) is 2.06. The summed E-state index contributed by atoms with van der Waals surface area (Å²) in [6, 6.07) is 15.0. The number of carbonyl (C=O) groups is 2. The van der Waals surface area contributed by atoms with Crippen LogP contribution in [0, 0.1) is 0 Å². The van der Waals surface area contributed by atoms with Gasteiger partial charge in [0.15, 0.2) is 0 Å². The highest BCUT2D eigenvalue weighted by atomic mass is 35.5. The number of halogens is 1. The zero-order valence-corrected chi connectivity index (χ0v) is 21.0. The van der Waals surface area contributed by atoms with E-state index in [-0.39, 0.29) is 17.9 Å². The van der Waals surface area contributed by atoms with Crippen molar-refractivity contribution in [2.24, 2.45) is 0 Å². The van der Waals surface area contributed by atoms with Crippen molar-refractivity contribution in [2.45, 2.75) is 63.4 Å². The Morgan fingerprint density at radius 2 is 1.88 bits per heavy atom. The number of amides is 2. The molecule has 1 fully saturated rings. The van der Waals surface area contributed by atoms with Crippen LogP contribution in [-0.2, 0) is 21.9 Å². The molecule has 1 aliphatic carbocycles. The molecule has 1 atom stereocenters. The Hall–Kier alpha value is -2.18. The molecule has 1 N–H and O–H groups in total. The number of rotatable bonds is 11. The molecule has 33 heavy (non-hydrogen) atoms. The Balaban J connectivity index is 1.71. The Labute approximate surface area is 206 Å². The summed E-state index contributed by atoms with van der Waals surface area (Å²) in [6.45, 7) is 2.33. The van der Waals surface area contributed by atoms with Crippen molar-refractivity contribution in [1.29, 1.82) is 0 Å². The van der Waals surface area contributed by atoms with E-state index in [0.717, 1.165) is 42.6 Å². The van der Waals surface area contributed by atoms with Crippen LogP contribution in [0.2, 0.25) is 5.02 Å². The normalized spacial score (nSPS) is 14.6. The van der Waals surface area contributed by atoms with Gasteiger partial charge in [-0.25, -0.2) is 0 Å². The van der Waals surface area contributed by atoms with Gasteiger partial charge in [-0.15, -0.1) is 11.8 Å². The summed E-state index contributed by atoms with van der Waals surface area (Å²) < 4.78 is 5.35. The van der Waals surface area contributed by atoms with Gasteiger partial charge in [0.2, 0.25) is 11.8 Å². The molecule has 5 nitrogen and oxygen atoms in total. The predicted octanol–water partition coefficient (Wildman–Crippen LogP) is 5.45. The highest BCUT2D eigenvalue weighted by Crippen LogP contribution is 2.22. The number of nitrogens with zero attached hydrogens (tertiary/aromatic N) is 1. The molecule has 0 saturated heterocycles. The lowest BCUT2D eigenvalue weighted by Gasteiger charge is -2.31. The van der Waals surface area contributed by atoms with Crippen LogP contribution in [0.5, 0.6) is 5.75 Å². The fourth-order valence-corrected chi connectivity index (χ4v) is 5.17. The molecule has 7 heteroatoms. The van der Waals surface area contributed by atoms with Crippen LogP contribution in [0.1, 0.15) is 50.2 Å². The topological polar surface area (TPSA) is 58.6 Å². The summed E-state index contributed by atoms with van der Waals surface area (Å²) in [5.74, 6) is 1.66. The molecule has 2 amide bonds. The second-order valence-corrected chi connectivity index (χ2v) is 9.83. The highest BCUT2D eigenvalue weighted by Gasteiger charge is 2.30. The fraction of sp³-hybridized carbons (Fsp3) is 0.462. The van der Waals surface area contributed by atoms with E-state index in [2.05, 4.69) is 5.32 Å². The smallest absolute Gasteiger partial charge is 0.243 e. The Bertz CT molecular complexity index is 916. The first-order valence-electron chi connectivity index (χ1n) is 11.5. The largest absolute Gasteiger partial charge is 0.497 e. The SMILES string of the molecule is CC[C@H](C(=O)NC1CCCC1)N(Cc1cccc(OC)c1)C(=O)CSCc1ccc(Cl)cc1. The van der Waals surface area contributed by atoms with Crippen molar-refractivity contribution in [3.63, 3.8) is 0 Å². The number of ether oxygens (including phenoxy) is 1. The summed E-state index contributed by atoms with van der Waals surface area (Å²) in [7, 11) is 1.62. The number of methoxy groups -OCH3 is 1. The zero-order chi connectivity index (χ0) is 23.6. The highest BCUT2D eigenvalue weighted by molar-refractivity contribution is 7.99. The minimum atomic E-state index is -0.500. The number of benzene rings is 2. The molecule has 178 valence electrons. The van der Waals surface area contributed by atoms with E-state index in [0.29, 0.717) is 29.5 Å². The molecule has 0 heterocycles. The van der Waals surface area contributed by atoms with Gasteiger partial charge in [-0.3, -0.25) is 9.59 Å². The van der Waals surface area contributed by atoms with E-state index >= 15 is 0 Å². The van der Waals surface area contributed by atoms with Gasteiger partial charge in [0.25, 0.3) is 0 Å². The van der Waals surface area contributed by atoms with Gasteiger partial charge >= 0.3 is 0 Å². The van der Waals surface area contributed by atoms with E-state index in [1.807, 2.05) is 55.5 Å². The van der Waals surface area contributed by atoms with Gasteiger partial charge in [-0.1, -0.05) is 55.6 Å². The first-order chi connectivity index (χ1) is 16.0. The molecular weight excluding hydrogens is 456 g/mol. The van der Waals surface area contributed by atoms with Crippen molar-refractivity contribution >= 4 is 35.2 Å². The van der Waals surface area contributed by atoms with Crippen molar-refractivity contribution in [3.8, 4) is 5.75 Å². The molecule has 0 aromatic heterocycles. The van der Waals surface area contributed by atoms with E-state index in [4.69, 9.17) is 16.3 Å². The number of hydrogen-bond acceptors (Lipinski definition) is 4. The van der Waals surface area contributed by atoms with Gasteiger partial charge in [-0.05, 0) is 54.7 Å². The maximum Gasteiger partial charge on any atom is 0.243 e. The molecule has 1 saturated carbocycles. The first-order valence-corrected chi connectivity index (χ1v) is 13.1. The van der Waals surface area contributed by atoms with E-state index in [1.54, 1.807) is 23.8 Å². The molecule has 0 radical (unpaired) electrons. The third kappa shape index (κ3) is 7.68. The van der Waals surface area contributed by atoms with Crippen LogP contribution in [0.4, 0.5) is 0 Å². The minimum absolute atomic E-state index is 0.0368. The van der Waals surface area contributed by atoms with Crippen LogP contribution in [-0.4, -0.2) is 41.7 Å². The lowest BCUT2D eigenvalue weighted by molar-refractivity contribution is -0.139. The molecule has 3 rings (SSSR count). The van der Waals surface area contributed by atoms with Crippen molar-refractivity contribution < 1.29 is 14.3 Å². The van der Waals surface area contributed by atoms with Crippen molar-refractivity contribution in [3.05, 3.63) is 64.7 Å². The van der Waals surface area contributed by atoms with E-state index in [9.17, 15) is 9.59 Å². The maximum absolute atomic E-state index is 13.4. The molecule has 0 spiro atoms. The zero-order valence-electron chi connectivity index (χ0n) is 19.4. The lowest BCUT2D eigenvalue weighted by Crippen LogP contribution is -2.51. The summed E-state index contributed by atoms with van der Waals surface area (Å²) in [4.78, 5) is 28.3. The predicted molar refractivity (Wildman–Crippen MR) is 136 cm³/mol. The van der Waals surface area contributed by atoms with Gasteiger partial charge in [0.1, 0.15) is 11.8 Å². The summed E-state index contributed by atoms with van der Waals surface area (Å²) in [5, 5.41) is 3.88. The second-order valence-electron chi connectivity index (χ2n) is 8.41.